The van der Waals surface area contributed by atoms with E-state index in [0.717, 1.165) is 18.5 Å². The van der Waals surface area contributed by atoms with Crippen molar-refractivity contribution in [2.24, 2.45) is 5.41 Å². The predicted molar refractivity (Wildman–Crippen MR) is 114 cm³/mol. The van der Waals surface area contributed by atoms with Gasteiger partial charge in [-0.1, -0.05) is 44.5 Å². The maximum atomic E-state index is 15.3. The van der Waals surface area contributed by atoms with E-state index >= 15 is 4.39 Å². The normalized spacial score (nSPS) is 27.3. The van der Waals surface area contributed by atoms with Crippen LogP contribution in [0.4, 0.5) is 8.78 Å². The molecule has 1 N–H and O–H groups in total. The zero-order valence-electron chi connectivity index (χ0n) is 17.7. The van der Waals surface area contributed by atoms with E-state index in [0.29, 0.717) is 31.0 Å². The summed E-state index contributed by atoms with van der Waals surface area (Å²) in [6.45, 7) is 9.02. The molecule has 0 bridgehead atoms. The van der Waals surface area contributed by atoms with Gasteiger partial charge in [0.15, 0.2) is 0 Å². The van der Waals surface area contributed by atoms with Gasteiger partial charge >= 0.3 is 0 Å². The first kappa shape index (κ1) is 22.5. The molecule has 0 unspecified atom stereocenters. The highest BCUT2D eigenvalue weighted by molar-refractivity contribution is 6.30. The summed E-state index contributed by atoms with van der Waals surface area (Å²) >= 11 is 5.94. The van der Waals surface area contributed by atoms with Crippen LogP contribution in [0.3, 0.4) is 0 Å². The lowest BCUT2D eigenvalue weighted by Gasteiger charge is -2.44. The van der Waals surface area contributed by atoms with E-state index in [1.165, 1.54) is 0 Å². The van der Waals surface area contributed by atoms with Crippen molar-refractivity contribution in [2.45, 2.75) is 70.1 Å². The van der Waals surface area contributed by atoms with Gasteiger partial charge in [0.2, 0.25) is 5.91 Å². The maximum absolute atomic E-state index is 15.3. The van der Waals surface area contributed by atoms with Crippen molar-refractivity contribution in [3.8, 4) is 0 Å². The Kier molecular flexibility index (Phi) is 6.59. The molecule has 6 heteroatoms. The van der Waals surface area contributed by atoms with Gasteiger partial charge in [-0.2, -0.15) is 0 Å². The molecule has 1 saturated heterocycles. The molecular weight excluding hydrogens is 394 g/mol. The number of carbonyl (C=O) groups excluding carboxylic acids is 1. The fraction of sp³-hybridized carbons (Fsp3) is 0.696. The predicted octanol–water partition coefficient (Wildman–Crippen LogP) is 5.07. The van der Waals surface area contributed by atoms with Crippen LogP contribution in [0.2, 0.25) is 5.02 Å². The molecule has 0 atom stereocenters. The maximum Gasteiger partial charge on any atom is 0.230 e. The number of benzene rings is 1. The molecular formula is C23H33ClF2N2O. The van der Waals surface area contributed by atoms with E-state index in [9.17, 15) is 9.18 Å². The van der Waals surface area contributed by atoms with E-state index in [2.05, 4.69) is 31.0 Å². The molecule has 3 rings (SSSR count). The molecule has 1 aliphatic heterocycles. The second-order valence-corrected chi connectivity index (χ2v) is 10.5. The molecule has 162 valence electrons. The lowest BCUT2D eigenvalue weighted by molar-refractivity contribution is -0.133. The average Bonchev–Trinajstić information content (AvgIpc) is 2.63. The van der Waals surface area contributed by atoms with Crippen molar-refractivity contribution in [3.05, 3.63) is 34.9 Å². The first-order valence-electron chi connectivity index (χ1n) is 10.6. The molecule has 0 aromatic heterocycles. The smallest absolute Gasteiger partial charge is 0.230 e. The zero-order chi connectivity index (χ0) is 21.3. The largest absolute Gasteiger partial charge is 0.352 e. The number of hydrogen-bond acceptors (Lipinski definition) is 2. The van der Waals surface area contributed by atoms with E-state index in [-0.39, 0.29) is 30.7 Å². The third-order valence-electron chi connectivity index (χ3n) is 6.47. The summed E-state index contributed by atoms with van der Waals surface area (Å²) in [6, 6.07) is 6.96. The van der Waals surface area contributed by atoms with Gasteiger partial charge in [-0.05, 0) is 61.8 Å². The first-order valence-corrected chi connectivity index (χ1v) is 11.0. The number of nitrogens with one attached hydrogen (secondary N) is 1. The number of carbonyl (C=O) groups is 1. The van der Waals surface area contributed by atoms with Crippen molar-refractivity contribution in [3.63, 3.8) is 0 Å². The minimum Gasteiger partial charge on any atom is -0.352 e. The zero-order valence-corrected chi connectivity index (χ0v) is 18.5. The quantitative estimate of drug-likeness (QED) is 0.689. The molecule has 0 radical (unpaired) electrons. The van der Waals surface area contributed by atoms with Crippen LogP contribution in [0.15, 0.2) is 24.3 Å². The summed E-state index contributed by atoms with van der Waals surface area (Å²) < 4.78 is 29.0. The molecule has 2 fully saturated rings. The van der Waals surface area contributed by atoms with E-state index in [1.807, 2.05) is 0 Å². The van der Waals surface area contributed by atoms with Gasteiger partial charge in [-0.25, -0.2) is 8.78 Å². The Bertz CT molecular complexity index is 703. The molecule has 29 heavy (non-hydrogen) atoms. The van der Waals surface area contributed by atoms with Crippen LogP contribution in [0.5, 0.6) is 0 Å². The molecule has 2 aliphatic rings. The van der Waals surface area contributed by atoms with Crippen LogP contribution in [0.1, 0.15) is 58.4 Å². The third kappa shape index (κ3) is 5.49. The molecule has 1 heterocycles. The lowest BCUT2D eigenvalue weighted by atomic mass is 9.62. The second kappa shape index (κ2) is 8.50. The SMILES string of the molecule is CC(C)(C)CCN1CCC(F)(CNC(=O)C2(c3ccc(Cl)cc3)CC(F)C2)CC1. The Morgan fingerprint density at radius 2 is 1.79 bits per heavy atom. The van der Waals surface area contributed by atoms with Gasteiger partial charge in [0, 0.05) is 18.1 Å². The van der Waals surface area contributed by atoms with Gasteiger partial charge in [-0.15, -0.1) is 0 Å². The van der Waals surface area contributed by atoms with Crippen molar-refractivity contribution in [1.82, 2.24) is 10.2 Å². The summed E-state index contributed by atoms with van der Waals surface area (Å²) in [4.78, 5) is 15.3. The number of halogens is 3. The summed E-state index contributed by atoms with van der Waals surface area (Å²) in [5, 5.41) is 3.38. The number of nitrogens with zero attached hydrogens (tertiary/aromatic N) is 1. The number of alkyl halides is 2. The minimum atomic E-state index is -1.39. The molecule has 1 saturated carbocycles. The van der Waals surface area contributed by atoms with Crippen molar-refractivity contribution >= 4 is 17.5 Å². The highest BCUT2D eigenvalue weighted by atomic mass is 35.5. The van der Waals surface area contributed by atoms with Crippen LogP contribution >= 0.6 is 11.6 Å². The summed E-state index contributed by atoms with van der Waals surface area (Å²) in [6.07, 6.45) is 1.19. The third-order valence-corrected chi connectivity index (χ3v) is 6.72. The number of hydrogen-bond donors (Lipinski definition) is 1. The number of piperidine rings is 1. The molecule has 3 nitrogen and oxygen atoms in total. The van der Waals surface area contributed by atoms with E-state index in [4.69, 9.17) is 11.6 Å². The number of likely N-dealkylation sites (tertiary alicyclic amines) is 1. The van der Waals surface area contributed by atoms with Gasteiger partial charge in [0.25, 0.3) is 0 Å². The second-order valence-electron chi connectivity index (χ2n) is 10.1. The Morgan fingerprint density at radius 1 is 1.21 bits per heavy atom. The molecule has 1 aromatic rings. The van der Waals surface area contributed by atoms with Crippen LogP contribution in [-0.4, -0.2) is 48.8 Å². The summed E-state index contributed by atoms with van der Waals surface area (Å²) in [5.74, 6) is -0.277. The number of rotatable bonds is 6. The van der Waals surface area contributed by atoms with Gasteiger partial charge < -0.3 is 10.2 Å². The van der Waals surface area contributed by atoms with E-state index in [1.54, 1.807) is 24.3 Å². The van der Waals surface area contributed by atoms with Gasteiger partial charge in [0.1, 0.15) is 11.8 Å². The summed E-state index contributed by atoms with van der Waals surface area (Å²) in [7, 11) is 0. The summed E-state index contributed by atoms with van der Waals surface area (Å²) in [5.41, 5.74) is -1.29. The van der Waals surface area contributed by atoms with Gasteiger partial charge in [-0.3, -0.25) is 4.79 Å². The Hall–Kier alpha value is -1.20. The Morgan fingerprint density at radius 3 is 2.31 bits per heavy atom. The standard InChI is InChI=1S/C23H33ClF2N2O/c1-21(2,3)8-11-28-12-9-22(26,10-13-28)16-27-20(29)23(14-19(25)15-23)17-4-6-18(24)7-5-17/h4-7,19H,8-16H2,1-3H3,(H,27,29). The van der Waals surface area contributed by atoms with Crippen LogP contribution < -0.4 is 5.32 Å². The molecule has 0 spiro atoms. The average molecular weight is 427 g/mol. The Balaban J connectivity index is 1.55. The van der Waals surface area contributed by atoms with Crippen LogP contribution in [0.25, 0.3) is 0 Å². The molecule has 1 aromatic carbocycles. The molecule has 1 aliphatic carbocycles. The van der Waals surface area contributed by atoms with Crippen molar-refractivity contribution in [1.29, 1.82) is 0 Å². The topological polar surface area (TPSA) is 32.3 Å². The van der Waals surface area contributed by atoms with Crippen molar-refractivity contribution < 1.29 is 13.6 Å². The van der Waals surface area contributed by atoms with E-state index < -0.39 is 17.3 Å². The van der Waals surface area contributed by atoms with Crippen molar-refractivity contribution in [2.75, 3.05) is 26.2 Å². The lowest BCUT2D eigenvalue weighted by Crippen LogP contribution is -2.57. The highest BCUT2D eigenvalue weighted by Gasteiger charge is 2.52. The monoisotopic (exact) mass is 426 g/mol. The minimum absolute atomic E-state index is 0.00869. The van der Waals surface area contributed by atoms with Gasteiger partial charge in [0.05, 0.1) is 12.0 Å². The first-order chi connectivity index (χ1) is 13.5. The fourth-order valence-corrected chi connectivity index (χ4v) is 4.40. The fourth-order valence-electron chi connectivity index (χ4n) is 4.27. The van der Waals surface area contributed by atoms with Crippen LogP contribution in [0, 0.1) is 5.41 Å². The molecule has 1 amide bonds. The number of amides is 1. The highest BCUT2D eigenvalue weighted by Crippen LogP contribution is 2.46. The van der Waals surface area contributed by atoms with Crippen LogP contribution in [-0.2, 0) is 10.2 Å². The Labute approximate surface area is 178 Å².